The molecule has 0 amide bonds. The van der Waals surface area contributed by atoms with Gasteiger partial charge in [-0.3, -0.25) is 9.97 Å². The van der Waals surface area contributed by atoms with Crippen molar-refractivity contribution < 1.29 is 5.11 Å². The second-order valence-corrected chi connectivity index (χ2v) is 3.70. The van der Waals surface area contributed by atoms with E-state index in [4.69, 9.17) is 0 Å². The highest BCUT2D eigenvalue weighted by molar-refractivity contribution is 5.19. The van der Waals surface area contributed by atoms with Gasteiger partial charge in [0.2, 0.25) is 0 Å². The smallest absolute Gasteiger partial charge is 0.111 e. The Hall–Kier alpha value is -0.960. The van der Waals surface area contributed by atoms with Crippen molar-refractivity contribution in [3.05, 3.63) is 24.3 Å². The Balaban J connectivity index is 2.11. The summed E-state index contributed by atoms with van der Waals surface area (Å²) in [7, 11) is 0. The van der Waals surface area contributed by atoms with Gasteiger partial charge in [-0.05, 0) is 18.8 Å². The SMILES string of the molecule is CCCC1CC1(O)c1cnccn1. The lowest BCUT2D eigenvalue weighted by Gasteiger charge is -2.07. The highest BCUT2D eigenvalue weighted by Crippen LogP contribution is 2.53. The van der Waals surface area contributed by atoms with Gasteiger partial charge in [-0.15, -0.1) is 0 Å². The van der Waals surface area contributed by atoms with Crippen LogP contribution >= 0.6 is 0 Å². The molecular formula is C10H14N2O. The molecule has 13 heavy (non-hydrogen) atoms. The Kier molecular flexibility index (Phi) is 2.04. The summed E-state index contributed by atoms with van der Waals surface area (Å²) >= 11 is 0. The predicted molar refractivity (Wildman–Crippen MR) is 48.9 cm³/mol. The van der Waals surface area contributed by atoms with E-state index in [1.54, 1.807) is 18.6 Å². The Bertz CT molecular complexity index is 288. The Morgan fingerprint density at radius 1 is 1.62 bits per heavy atom. The molecule has 2 rings (SSSR count). The molecular weight excluding hydrogens is 164 g/mol. The van der Waals surface area contributed by atoms with Gasteiger partial charge in [0.15, 0.2) is 0 Å². The number of rotatable bonds is 3. The van der Waals surface area contributed by atoms with Crippen LogP contribution in [0.5, 0.6) is 0 Å². The van der Waals surface area contributed by atoms with E-state index in [2.05, 4.69) is 16.9 Å². The lowest BCUT2D eigenvalue weighted by atomic mass is 10.1. The van der Waals surface area contributed by atoms with E-state index in [1.807, 2.05) is 0 Å². The number of hydrogen-bond donors (Lipinski definition) is 1. The minimum Gasteiger partial charge on any atom is -0.383 e. The summed E-state index contributed by atoms with van der Waals surface area (Å²) in [5, 5.41) is 10.1. The third-order valence-corrected chi connectivity index (χ3v) is 2.72. The van der Waals surface area contributed by atoms with Gasteiger partial charge < -0.3 is 5.11 Å². The first-order chi connectivity index (χ1) is 6.27. The Morgan fingerprint density at radius 2 is 2.46 bits per heavy atom. The van der Waals surface area contributed by atoms with Crippen molar-refractivity contribution in [2.75, 3.05) is 0 Å². The van der Waals surface area contributed by atoms with Gasteiger partial charge in [0.1, 0.15) is 5.60 Å². The summed E-state index contributed by atoms with van der Waals surface area (Å²) in [4.78, 5) is 8.10. The van der Waals surface area contributed by atoms with E-state index in [9.17, 15) is 5.11 Å². The minimum absolute atomic E-state index is 0.397. The molecule has 0 aromatic carbocycles. The average Bonchev–Trinajstić information content (AvgIpc) is 2.81. The quantitative estimate of drug-likeness (QED) is 0.762. The van der Waals surface area contributed by atoms with Gasteiger partial charge >= 0.3 is 0 Å². The number of aliphatic hydroxyl groups is 1. The molecule has 1 aromatic heterocycles. The van der Waals surface area contributed by atoms with E-state index in [1.165, 1.54) is 0 Å². The zero-order chi connectivity index (χ0) is 9.31. The van der Waals surface area contributed by atoms with Crippen LogP contribution < -0.4 is 0 Å². The van der Waals surface area contributed by atoms with Crippen molar-refractivity contribution in [3.8, 4) is 0 Å². The first-order valence-corrected chi connectivity index (χ1v) is 4.76. The van der Waals surface area contributed by atoms with Crippen LogP contribution in [0.1, 0.15) is 31.9 Å². The fourth-order valence-corrected chi connectivity index (χ4v) is 1.84. The summed E-state index contributed by atoms with van der Waals surface area (Å²) in [6.45, 7) is 2.13. The van der Waals surface area contributed by atoms with Gasteiger partial charge in [0.05, 0.1) is 11.9 Å². The minimum atomic E-state index is -0.662. The molecule has 0 spiro atoms. The zero-order valence-corrected chi connectivity index (χ0v) is 7.77. The molecule has 2 unspecified atom stereocenters. The van der Waals surface area contributed by atoms with Crippen LogP contribution in [0.2, 0.25) is 0 Å². The molecule has 0 saturated heterocycles. The highest BCUT2D eigenvalue weighted by atomic mass is 16.3. The molecule has 1 aliphatic rings. The van der Waals surface area contributed by atoms with Crippen molar-refractivity contribution in [2.24, 2.45) is 5.92 Å². The third kappa shape index (κ3) is 1.44. The van der Waals surface area contributed by atoms with Gasteiger partial charge in [0.25, 0.3) is 0 Å². The summed E-state index contributed by atoms with van der Waals surface area (Å²) in [5.41, 5.74) is 0.0676. The molecule has 70 valence electrons. The van der Waals surface area contributed by atoms with Crippen molar-refractivity contribution in [2.45, 2.75) is 31.8 Å². The van der Waals surface area contributed by atoms with Crippen LogP contribution in [0.25, 0.3) is 0 Å². The highest BCUT2D eigenvalue weighted by Gasteiger charge is 2.54. The van der Waals surface area contributed by atoms with Crippen molar-refractivity contribution in [1.29, 1.82) is 0 Å². The van der Waals surface area contributed by atoms with Crippen LogP contribution in [0.4, 0.5) is 0 Å². The second kappa shape index (κ2) is 3.07. The molecule has 1 aromatic rings. The summed E-state index contributed by atoms with van der Waals surface area (Å²) in [6, 6.07) is 0. The normalized spacial score (nSPS) is 31.7. The monoisotopic (exact) mass is 178 g/mol. The van der Waals surface area contributed by atoms with Gasteiger partial charge in [-0.2, -0.15) is 0 Å². The molecule has 2 atom stereocenters. The zero-order valence-electron chi connectivity index (χ0n) is 7.77. The van der Waals surface area contributed by atoms with Crippen LogP contribution in [-0.4, -0.2) is 15.1 Å². The van der Waals surface area contributed by atoms with E-state index >= 15 is 0 Å². The molecule has 1 fully saturated rings. The lowest BCUT2D eigenvalue weighted by Crippen LogP contribution is -2.11. The standard InChI is InChI=1S/C10H14N2O/c1-2-3-8-6-10(8,13)9-7-11-4-5-12-9/h4-5,7-8,13H,2-3,6H2,1H3. The number of aromatic nitrogens is 2. The summed E-state index contributed by atoms with van der Waals surface area (Å²) in [5.74, 6) is 0.397. The fraction of sp³-hybridized carbons (Fsp3) is 0.600. The maximum absolute atomic E-state index is 10.1. The first kappa shape index (κ1) is 8.63. The van der Waals surface area contributed by atoms with Crippen LogP contribution in [-0.2, 0) is 5.60 Å². The van der Waals surface area contributed by atoms with Gasteiger partial charge in [-0.25, -0.2) is 0 Å². The van der Waals surface area contributed by atoms with Crippen molar-refractivity contribution in [1.82, 2.24) is 9.97 Å². The number of hydrogen-bond acceptors (Lipinski definition) is 3. The maximum Gasteiger partial charge on any atom is 0.111 e. The predicted octanol–water partition coefficient (Wildman–Crippen LogP) is 1.48. The van der Waals surface area contributed by atoms with E-state index < -0.39 is 5.60 Å². The molecule has 1 saturated carbocycles. The van der Waals surface area contributed by atoms with Crippen LogP contribution in [0.15, 0.2) is 18.6 Å². The molecule has 1 aliphatic carbocycles. The Morgan fingerprint density at radius 3 is 3.08 bits per heavy atom. The van der Waals surface area contributed by atoms with E-state index in [0.29, 0.717) is 5.92 Å². The second-order valence-electron chi connectivity index (χ2n) is 3.70. The molecule has 0 bridgehead atoms. The van der Waals surface area contributed by atoms with Crippen molar-refractivity contribution >= 4 is 0 Å². The van der Waals surface area contributed by atoms with Crippen LogP contribution in [0, 0.1) is 5.92 Å². The molecule has 0 aliphatic heterocycles. The summed E-state index contributed by atoms with van der Waals surface area (Å²) in [6.07, 6.45) is 7.97. The van der Waals surface area contributed by atoms with Crippen LogP contribution in [0.3, 0.4) is 0 Å². The topological polar surface area (TPSA) is 46.0 Å². The summed E-state index contributed by atoms with van der Waals surface area (Å²) < 4.78 is 0. The van der Waals surface area contributed by atoms with Gasteiger partial charge in [0, 0.05) is 12.4 Å². The van der Waals surface area contributed by atoms with Gasteiger partial charge in [-0.1, -0.05) is 13.3 Å². The molecule has 3 heteroatoms. The first-order valence-electron chi connectivity index (χ1n) is 4.76. The Labute approximate surface area is 77.8 Å². The van der Waals surface area contributed by atoms with E-state index in [-0.39, 0.29) is 0 Å². The largest absolute Gasteiger partial charge is 0.383 e. The molecule has 3 nitrogen and oxygen atoms in total. The average molecular weight is 178 g/mol. The maximum atomic E-state index is 10.1. The fourth-order valence-electron chi connectivity index (χ4n) is 1.84. The molecule has 0 radical (unpaired) electrons. The molecule has 1 heterocycles. The number of nitrogens with zero attached hydrogens (tertiary/aromatic N) is 2. The van der Waals surface area contributed by atoms with Crippen molar-refractivity contribution in [3.63, 3.8) is 0 Å². The van der Waals surface area contributed by atoms with E-state index in [0.717, 1.165) is 25.0 Å². The molecule has 1 N–H and O–H groups in total. The lowest BCUT2D eigenvalue weighted by molar-refractivity contribution is 0.124. The third-order valence-electron chi connectivity index (χ3n) is 2.72.